The molecule has 16 heavy (non-hydrogen) atoms. The second-order valence-corrected chi connectivity index (χ2v) is 5.33. The second-order valence-electron chi connectivity index (χ2n) is 3.60. The van der Waals surface area contributed by atoms with Gasteiger partial charge in [-0.1, -0.05) is 13.8 Å². The Balaban J connectivity index is 3.14. The van der Waals surface area contributed by atoms with Crippen LogP contribution in [-0.2, 0) is 10.0 Å². The molecule has 1 atom stereocenters. The van der Waals surface area contributed by atoms with Crippen LogP contribution in [0.4, 0.5) is 5.82 Å². The molecule has 0 aliphatic heterocycles. The molecule has 6 nitrogen and oxygen atoms in total. The van der Waals surface area contributed by atoms with Crippen molar-refractivity contribution in [3.63, 3.8) is 0 Å². The van der Waals surface area contributed by atoms with Gasteiger partial charge in [-0.15, -0.1) is 0 Å². The molecule has 0 spiro atoms. The van der Waals surface area contributed by atoms with Gasteiger partial charge in [0.1, 0.15) is 10.7 Å². The van der Waals surface area contributed by atoms with Gasteiger partial charge in [-0.3, -0.25) is 0 Å². The number of rotatable bonds is 5. The average molecular weight is 246 g/mol. The number of sulfonamides is 1. The summed E-state index contributed by atoms with van der Waals surface area (Å²) in [5, 5.41) is 4.01. The van der Waals surface area contributed by atoms with Crippen LogP contribution in [0, 0.1) is 0 Å². The highest BCUT2D eigenvalue weighted by molar-refractivity contribution is 7.89. The fourth-order valence-corrected chi connectivity index (χ4v) is 2.45. The van der Waals surface area contributed by atoms with Crippen molar-refractivity contribution in [2.75, 3.05) is 12.3 Å². The highest BCUT2D eigenvalue weighted by atomic mass is 32.2. The zero-order chi connectivity index (χ0) is 12.3. The molecule has 0 aliphatic rings. The lowest BCUT2D eigenvalue weighted by molar-refractivity contribution is 0.484. The van der Waals surface area contributed by atoms with Crippen molar-refractivity contribution in [1.29, 1.82) is 0 Å². The van der Waals surface area contributed by atoms with E-state index in [1.54, 1.807) is 6.92 Å². The third-order valence-electron chi connectivity index (χ3n) is 2.43. The van der Waals surface area contributed by atoms with E-state index in [9.17, 15) is 8.42 Å². The van der Waals surface area contributed by atoms with Crippen molar-refractivity contribution < 1.29 is 8.42 Å². The first-order valence-electron chi connectivity index (χ1n) is 5.26. The van der Waals surface area contributed by atoms with E-state index in [4.69, 9.17) is 5.73 Å². The van der Waals surface area contributed by atoms with Crippen LogP contribution in [0.5, 0.6) is 0 Å². The smallest absolute Gasteiger partial charge is 0.245 e. The SMILES string of the molecule is CCNS(=O)(=O)c1cnn(C(C)CC)c1N. The first-order valence-corrected chi connectivity index (χ1v) is 6.75. The number of anilines is 1. The molecule has 1 aromatic heterocycles. The standard InChI is InChI=1S/C9H18N4O2S/c1-4-7(3)13-9(10)8(6-11-13)16(14,15)12-5-2/h6-7,12H,4-5,10H2,1-3H3. The van der Waals surface area contributed by atoms with Crippen molar-refractivity contribution in [2.24, 2.45) is 0 Å². The number of nitrogens with zero attached hydrogens (tertiary/aromatic N) is 2. The average Bonchev–Trinajstić information content (AvgIpc) is 2.59. The van der Waals surface area contributed by atoms with E-state index in [2.05, 4.69) is 9.82 Å². The molecule has 0 amide bonds. The van der Waals surface area contributed by atoms with Gasteiger partial charge in [-0.25, -0.2) is 17.8 Å². The Morgan fingerprint density at radius 1 is 1.56 bits per heavy atom. The molecule has 0 aromatic carbocycles. The second kappa shape index (κ2) is 4.84. The molecule has 92 valence electrons. The summed E-state index contributed by atoms with van der Waals surface area (Å²) in [6.07, 6.45) is 2.13. The van der Waals surface area contributed by atoms with Crippen molar-refractivity contribution in [3.8, 4) is 0 Å². The maximum atomic E-state index is 11.7. The van der Waals surface area contributed by atoms with E-state index in [0.29, 0.717) is 6.54 Å². The molecule has 3 N–H and O–H groups in total. The monoisotopic (exact) mass is 246 g/mol. The van der Waals surface area contributed by atoms with Crippen LogP contribution in [0.15, 0.2) is 11.1 Å². The fourth-order valence-electron chi connectivity index (χ4n) is 1.35. The fraction of sp³-hybridized carbons (Fsp3) is 0.667. The summed E-state index contributed by atoms with van der Waals surface area (Å²) in [5.74, 6) is 0.190. The van der Waals surface area contributed by atoms with Crippen LogP contribution in [0.3, 0.4) is 0 Å². The zero-order valence-corrected chi connectivity index (χ0v) is 10.6. The van der Waals surface area contributed by atoms with Crippen LogP contribution in [-0.4, -0.2) is 24.7 Å². The molecule has 1 heterocycles. The molecule has 1 rings (SSSR count). The minimum absolute atomic E-state index is 0.0506. The Bertz CT molecular complexity index is 452. The molecule has 0 aliphatic carbocycles. The summed E-state index contributed by atoms with van der Waals surface area (Å²) in [4.78, 5) is 0.0506. The van der Waals surface area contributed by atoms with Gasteiger partial charge < -0.3 is 5.73 Å². The van der Waals surface area contributed by atoms with Crippen LogP contribution in [0.25, 0.3) is 0 Å². The van der Waals surface area contributed by atoms with Gasteiger partial charge in [0.2, 0.25) is 10.0 Å². The van der Waals surface area contributed by atoms with Crippen LogP contribution in [0.2, 0.25) is 0 Å². The third-order valence-corrected chi connectivity index (χ3v) is 3.99. The van der Waals surface area contributed by atoms with Gasteiger partial charge in [0.05, 0.1) is 12.2 Å². The van der Waals surface area contributed by atoms with Crippen LogP contribution in [0.1, 0.15) is 33.2 Å². The zero-order valence-electron chi connectivity index (χ0n) is 9.77. The summed E-state index contributed by atoms with van der Waals surface area (Å²) in [6.45, 7) is 5.97. The molecule has 7 heteroatoms. The van der Waals surface area contributed by atoms with Crippen molar-refractivity contribution in [2.45, 2.75) is 38.1 Å². The van der Waals surface area contributed by atoms with E-state index < -0.39 is 10.0 Å². The molecular formula is C9H18N4O2S. The first kappa shape index (κ1) is 13.0. The number of hydrogen-bond acceptors (Lipinski definition) is 4. The highest BCUT2D eigenvalue weighted by Gasteiger charge is 2.22. The summed E-state index contributed by atoms with van der Waals surface area (Å²) >= 11 is 0. The summed E-state index contributed by atoms with van der Waals surface area (Å²) in [5.41, 5.74) is 5.78. The van der Waals surface area contributed by atoms with E-state index >= 15 is 0 Å². The molecule has 0 fully saturated rings. The molecule has 1 aromatic rings. The van der Waals surface area contributed by atoms with Gasteiger partial charge in [-0.2, -0.15) is 5.10 Å². The van der Waals surface area contributed by atoms with E-state index in [-0.39, 0.29) is 16.8 Å². The Morgan fingerprint density at radius 2 is 2.19 bits per heavy atom. The Hall–Kier alpha value is -1.08. The molecule has 0 saturated heterocycles. The first-order chi connectivity index (χ1) is 7.44. The molecular weight excluding hydrogens is 228 g/mol. The normalized spacial score (nSPS) is 13.9. The quantitative estimate of drug-likeness (QED) is 0.801. The summed E-state index contributed by atoms with van der Waals surface area (Å²) in [6, 6.07) is 0.0885. The number of nitrogen functional groups attached to an aromatic ring is 1. The maximum Gasteiger partial charge on any atom is 0.245 e. The Labute approximate surface area is 95.9 Å². The number of nitrogens with one attached hydrogen (secondary N) is 1. The largest absolute Gasteiger partial charge is 0.383 e. The van der Waals surface area contributed by atoms with Gasteiger partial charge in [0.15, 0.2) is 0 Å². The van der Waals surface area contributed by atoms with Gasteiger partial charge in [0, 0.05) is 6.54 Å². The predicted molar refractivity (Wildman–Crippen MR) is 62.5 cm³/mol. The highest BCUT2D eigenvalue weighted by Crippen LogP contribution is 2.22. The molecule has 0 saturated carbocycles. The predicted octanol–water partition coefficient (Wildman–Crippen LogP) is 0.734. The minimum Gasteiger partial charge on any atom is -0.383 e. The van der Waals surface area contributed by atoms with Crippen LogP contribution >= 0.6 is 0 Å². The number of aromatic nitrogens is 2. The summed E-state index contributed by atoms with van der Waals surface area (Å²) < 4.78 is 27.4. The van der Waals surface area contributed by atoms with Crippen LogP contribution < -0.4 is 10.5 Å². The number of nitrogens with two attached hydrogens (primary N) is 1. The minimum atomic E-state index is -3.52. The van der Waals surface area contributed by atoms with Gasteiger partial charge >= 0.3 is 0 Å². The molecule has 1 unspecified atom stereocenters. The van der Waals surface area contributed by atoms with Gasteiger partial charge in [-0.05, 0) is 13.3 Å². The molecule has 0 radical (unpaired) electrons. The lowest BCUT2D eigenvalue weighted by Gasteiger charge is -2.11. The summed E-state index contributed by atoms with van der Waals surface area (Å²) in [7, 11) is -3.52. The lowest BCUT2D eigenvalue weighted by atomic mass is 10.3. The number of hydrogen-bond donors (Lipinski definition) is 2. The maximum absolute atomic E-state index is 11.7. The third kappa shape index (κ3) is 2.35. The van der Waals surface area contributed by atoms with E-state index in [1.807, 2.05) is 13.8 Å². The Morgan fingerprint density at radius 3 is 2.69 bits per heavy atom. The Kier molecular flexibility index (Phi) is 3.93. The topological polar surface area (TPSA) is 90.0 Å². The molecule has 0 bridgehead atoms. The van der Waals surface area contributed by atoms with Crippen molar-refractivity contribution in [1.82, 2.24) is 14.5 Å². The van der Waals surface area contributed by atoms with E-state index in [1.165, 1.54) is 10.9 Å². The van der Waals surface area contributed by atoms with Crippen molar-refractivity contribution >= 4 is 15.8 Å². The van der Waals surface area contributed by atoms with E-state index in [0.717, 1.165) is 6.42 Å². The van der Waals surface area contributed by atoms with Crippen molar-refractivity contribution in [3.05, 3.63) is 6.20 Å². The lowest BCUT2D eigenvalue weighted by Crippen LogP contribution is -2.24. The van der Waals surface area contributed by atoms with Gasteiger partial charge in [0.25, 0.3) is 0 Å².